The Morgan fingerprint density at radius 2 is 1.94 bits per heavy atom. The summed E-state index contributed by atoms with van der Waals surface area (Å²) in [6, 6.07) is 15.5. The van der Waals surface area contributed by atoms with Crippen molar-refractivity contribution in [3.05, 3.63) is 65.7 Å². The zero-order valence-electron chi connectivity index (χ0n) is 20.4. The molecule has 2 aliphatic heterocycles. The Balaban J connectivity index is 1.22. The summed E-state index contributed by atoms with van der Waals surface area (Å²) in [6.07, 6.45) is 4.73. The second kappa shape index (κ2) is 10.7. The summed E-state index contributed by atoms with van der Waals surface area (Å²) in [5.41, 5.74) is 3.67. The molecule has 36 heavy (non-hydrogen) atoms. The third-order valence-electron chi connectivity index (χ3n) is 6.78. The van der Waals surface area contributed by atoms with E-state index < -0.39 is 15.2 Å². The molecule has 0 spiro atoms. The Bertz CT molecular complexity index is 1360. The molecule has 0 radical (unpaired) electrons. The molecule has 190 valence electrons. The molecule has 5 rings (SSSR count). The minimum absolute atomic E-state index is 0.0292. The van der Waals surface area contributed by atoms with Gasteiger partial charge in [0.2, 0.25) is 0 Å². The van der Waals surface area contributed by atoms with Crippen LogP contribution in [-0.4, -0.2) is 61.1 Å². The lowest BCUT2D eigenvalue weighted by molar-refractivity contribution is 0.0595. The quantitative estimate of drug-likeness (QED) is 0.488. The highest BCUT2D eigenvalue weighted by molar-refractivity contribution is 7.92. The van der Waals surface area contributed by atoms with Crippen molar-refractivity contribution in [2.75, 3.05) is 25.4 Å². The number of carbonyl (C=O) groups excluding carboxylic acids is 1. The van der Waals surface area contributed by atoms with Crippen LogP contribution in [0.1, 0.15) is 48.5 Å². The number of carbonyl (C=O) groups is 1. The van der Waals surface area contributed by atoms with Crippen LogP contribution in [0.4, 0.5) is 0 Å². The standard InChI is InChI=1S/C27H31N3O4S2/c1-2-16-36(32,33)25-18-21(10-13-28-25)20-8-9-23-24(17-20)35-27(29-23)34-22-11-14-30(15-12-22)26(31)19-6-4-3-5-7-19/h3-10,17,22,25,28H,2,11-16,18H2,1H3. The van der Waals surface area contributed by atoms with Gasteiger partial charge in [0, 0.05) is 44.5 Å². The average Bonchev–Trinajstić information content (AvgIpc) is 3.31. The molecule has 1 unspecified atom stereocenters. The first-order chi connectivity index (χ1) is 17.4. The third kappa shape index (κ3) is 5.48. The van der Waals surface area contributed by atoms with Crippen LogP contribution in [0, 0.1) is 0 Å². The van der Waals surface area contributed by atoms with Gasteiger partial charge < -0.3 is 9.64 Å². The van der Waals surface area contributed by atoms with E-state index in [-0.39, 0.29) is 17.8 Å². The number of amides is 1. The first kappa shape index (κ1) is 24.9. The van der Waals surface area contributed by atoms with Gasteiger partial charge in [0.15, 0.2) is 9.84 Å². The van der Waals surface area contributed by atoms with E-state index in [1.165, 1.54) is 11.3 Å². The Morgan fingerprint density at radius 3 is 2.69 bits per heavy atom. The summed E-state index contributed by atoms with van der Waals surface area (Å²) in [7, 11) is -3.16. The molecular weight excluding hydrogens is 494 g/mol. The van der Waals surface area contributed by atoms with E-state index in [0.717, 1.165) is 39.8 Å². The molecule has 1 saturated heterocycles. The number of aromatic nitrogens is 1. The summed E-state index contributed by atoms with van der Waals surface area (Å²) in [6.45, 7) is 3.76. The zero-order valence-corrected chi connectivity index (χ0v) is 22.0. The normalized spacial score (nSPS) is 19.3. The number of piperidine rings is 1. The van der Waals surface area contributed by atoms with Crippen LogP contribution in [0.2, 0.25) is 0 Å². The van der Waals surface area contributed by atoms with E-state index in [2.05, 4.69) is 22.4 Å². The lowest BCUT2D eigenvalue weighted by Crippen LogP contribution is -2.41. The summed E-state index contributed by atoms with van der Waals surface area (Å²) in [5.74, 6) is 0.268. The van der Waals surface area contributed by atoms with Crippen molar-refractivity contribution in [3.8, 4) is 5.19 Å². The molecule has 1 amide bonds. The fourth-order valence-corrected chi connectivity index (χ4v) is 7.38. The van der Waals surface area contributed by atoms with E-state index >= 15 is 0 Å². The van der Waals surface area contributed by atoms with Crippen molar-refractivity contribution in [2.24, 2.45) is 0 Å². The first-order valence-corrected chi connectivity index (χ1v) is 15.0. The molecule has 3 aromatic rings. The molecule has 9 heteroatoms. The second-order valence-electron chi connectivity index (χ2n) is 9.34. The Hall–Kier alpha value is -2.75. The highest BCUT2D eigenvalue weighted by atomic mass is 32.2. The average molecular weight is 526 g/mol. The largest absolute Gasteiger partial charge is 0.467 e. The number of benzene rings is 2. The van der Waals surface area contributed by atoms with E-state index in [0.29, 0.717) is 37.7 Å². The van der Waals surface area contributed by atoms with Crippen LogP contribution in [0.15, 0.2) is 54.6 Å². The number of likely N-dealkylation sites (tertiary alicyclic amines) is 1. The minimum Gasteiger partial charge on any atom is -0.467 e. The Morgan fingerprint density at radius 1 is 1.17 bits per heavy atom. The fraction of sp³-hybridized carbons (Fsp3) is 0.407. The number of hydrogen-bond donors (Lipinski definition) is 1. The molecule has 2 aromatic carbocycles. The molecule has 2 aliphatic rings. The van der Waals surface area contributed by atoms with Crippen molar-refractivity contribution < 1.29 is 17.9 Å². The van der Waals surface area contributed by atoms with Crippen molar-refractivity contribution in [2.45, 2.75) is 44.1 Å². The van der Waals surface area contributed by atoms with E-state index in [9.17, 15) is 13.2 Å². The Labute approximate surface area is 216 Å². The monoisotopic (exact) mass is 525 g/mol. The van der Waals surface area contributed by atoms with Gasteiger partial charge in [0.1, 0.15) is 11.5 Å². The summed E-state index contributed by atoms with van der Waals surface area (Å²) >= 11 is 1.51. The van der Waals surface area contributed by atoms with Crippen molar-refractivity contribution >= 4 is 42.9 Å². The van der Waals surface area contributed by atoms with Gasteiger partial charge in [-0.05, 0) is 41.8 Å². The number of fused-ring (bicyclic) bond motifs is 1. The third-order valence-corrected chi connectivity index (χ3v) is 9.87. The summed E-state index contributed by atoms with van der Waals surface area (Å²) in [5, 5.41) is 3.23. The second-order valence-corrected chi connectivity index (χ2v) is 12.6. The van der Waals surface area contributed by atoms with Crippen LogP contribution >= 0.6 is 11.3 Å². The van der Waals surface area contributed by atoms with E-state index in [4.69, 9.17) is 4.74 Å². The maximum atomic E-state index is 12.7. The number of nitrogens with zero attached hydrogens (tertiary/aromatic N) is 2. The van der Waals surface area contributed by atoms with Gasteiger partial charge in [-0.1, -0.05) is 48.6 Å². The fourth-order valence-electron chi connectivity index (χ4n) is 4.82. The molecule has 1 aromatic heterocycles. The van der Waals surface area contributed by atoms with E-state index in [1.54, 1.807) is 0 Å². The van der Waals surface area contributed by atoms with Crippen LogP contribution in [-0.2, 0) is 9.84 Å². The topological polar surface area (TPSA) is 88.6 Å². The van der Waals surface area contributed by atoms with Crippen molar-refractivity contribution in [1.29, 1.82) is 0 Å². The molecule has 3 heterocycles. The predicted molar refractivity (Wildman–Crippen MR) is 144 cm³/mol. The summed E-state index contributed by atoms with van der Waals surface area (Å²) in [4.78, 5) is 19.2. The van der Waals surface area contributed by atoms with Crippen LogP contribution < -0.4 is 10.1 Å². The number of sulfone groups is 1. The number of thiazole rings is 1. The SMILES string of the molecule is CCCS(=O)(=O)C1CC(c2ccc3nc(OC4CCN(C(=O)c5ccccc5)CC4)sc3c2)=CCN1. The molecule has 0 bridgehead atoms. The van der Waals surface area contributed by atoms with Gasteiger partial charge in [-0.25, -0.2) is 13.4 Å². The van der Waals surface area contributed by atoms with Gasteiger partial charge in [-0.2, -0.15) is 0 Å². The van der Waals surface area contributed by atoms with Crippen LogP contribution in [0.3, 0.4) is 0 Å². The van der Waals surface area contributed by atoms with Crippen LogP contribution in [0.5, 0.6) is 5.19 Å². The minimum atomic E-state index is -3.16. The molecular formula is C27H31N3O4S2. The first-order valence-electron chi connectivity index (χ1n) is 12.5. The van der Waals surface area contributed by atoms with Gasteiger partial charge in [-0.3, -0.25) is 10.1 Å². The van der Waals surface area contributed by atoms with Gasteiger partial charge in [0.05, 0.1) is 16.0 Å². The van der Waals surface area contributed by atoms with Crippen LogP contribution in [0.25, 0.3) is 15.8 Å². The Kier molecular flexibility index (Phi) is 7.41. The maximum absolute atomic E-state index is 12.7. The lowest BCUT2D eigenvalue weighted by Gasteiger charge is -2.31. The highest BCUT2D eigenvalue weighted by Crippen LogP contribution is 2.34. The molecule has 1 N–H and O–H groups in total. The maximum Gasteiger partial charge on any atom is 0.274 e. The molecule has 1 fully saturated rings. The molecule has 7 nitrogen and oxygen atoms in total. The van der Waals surface area contributed by atoms with Crippen molar-refractivity contribution in [1.82, 2.24) is 15.2 Å². The predicted octanol–water partition coefficient (Wildman–Crippen LogP) is 4.51. The highest BCUT2D eigenvalue weighted by Gasteiger charge is 2.28. The number of rotatable bonds is 7. The lowest BCUT2D eigenvalue weighted by atomic mass is 10.00. The number of nitrogens with one attached hydrogen (secondary N) is 1. The molecule has 0 aliphatic carbocycles. The van der Waals surface area contributed by atoms with Gasteiger partial charge >= 0.3 is 0 Å². The van der Waals surface area contributed by atoms with E-state index in [1.807, 2.05) is 54.3 Å². The smallest absolute Gasteiger partial charge is 0.274 e. The van der Waals surface area contributed by atoms with Gasteiger partial charge in [-0.15, -0.1) is 0 Å². The van der Waals surface area contributed by atoms with Gasteiger partial charge in [0.25, 0.3) is 11.1 Å². The number of hydrogen-bond acceptors (Lipinski definition) is 7. The molecule has 0 saturated carbocycles. The van der Waals surface area contributed by atoms with Crippen molar-refractivity contribution in [3.63, 3.8) is 0 Å². The summed E-state index contributed by atoms with van der Waals surface area (Å²) < 4.78 is 32.4. The zero-order chi connectivity index (χ0) is 25.1. The molecule has 1 atom stereocenters. The number of ether oxygens (including phenoxy) is 1.